The number of carbonyl (C=O) groups is 1. The van der Waals surface area contributed by atoms with Gasteiger partial charge in [0.1, 0.15) is 0 Å². The van der Waals surface area contributed by atoms with Gasteiger partial charge in [-0.15, -0.1) is 0 Å². The molecule has 0 bridgehead atoms. The number of hydrogen-bond acceptors (Lipinski definition) is 5. The van der Waals surface area contributed by atoms with Crippen molar-refractivity contribution in [1.82, 2.24) is 4.90 Å². The van der Waals surface area contributed by atoms with Crippen molar-refractivity contribution in [1.29, 1.82) is 0 Å². The van der Waals surface area contributed by atoms with Crippen molar-refractivity contribution >= 4 is 24.6 Å². The fraction of sp³-hybridized carbons (Fsp3) is 0.611. The summed E-state index contributed by atoms with van der Waals surface area (Å²) in [6, 6.07) is 5.94. The molecule has 3 rings (SSSR count). The quantitative estimate of drug-likeness (QED) is 0.621. The second-order valence-electron chi connectivity index (χ2n) is 7.78. The van der Waals surface area contributed by atoms with E-state index in [-0.39, 0.29) is 0 Å². The monoisotopic (exact) mass is 330 g/mol. The van der Waals surface area contributed by atoms with Gasteiger partial charge in [0, 0.05) is 37.4 Å². The van der Waals surface area contributed by atoms with Crippen LogP contribution in [0.5, 0.6) is 0 Å². The average Bonchev–Trinajstić information content (AvgIpc) is 2.75. The second-order valence-corrected chi connectivity index (χ2v) is 7.78. The first-order chi connectivity index (χ1) is 11.2. The topological polar surface area (TPSA) is 42.0 Å². The van der Waals surface area contributed by atoms with Gasteiger partial charge in [-0.2, -0.15) is 0 Å². The molecule has 0 amide bonds. The third-order valence-electron chi connectivity index (χ3n) is 5.59. The molecule has 24 heavy (non-hydrogen) atoms. The Labute approximate surface area is 145 Å². The van der Waals surface area contributed by atoms with Crippen molar-refractivity contribution in [2.75, 3.05) is 38.1 Å². The molecule has 1 aromatic carbocycles. The summed E-state index contributed by atoms with van der Waals surface area (Å²) in [5, 5.41) is 0. The van der Waals surface area contributed by atoms with Crippen LogP contribution < -0.4 is 10.4 Å². The van der Waals surface area contributed by atoms with E-state index in [9.17, 15) is 4.79 Å². The fourth-order valence-corrected chi connectivity index (χ4v) is 3.20. The van der Waals surface area contributed by atoms with Crippen LogP contribution in [-0.2, 0) is 9.31 Å². The number of likely N-dealkylation sites (N-methyl/N-ethyl adjacent to an activating group) is 1. The predicted molar refractivity (Wildman–Crippen MR) is 97.3 cm³/mol. The van der Waals surface area contributed by atoms with Gasteiger partial charge in [0.25, 0.3) is 0 Å². The Balaban J connectivity index is 1.93. The van der Waals surface area contributed by atoms with E-state index >= 15 is 0 Å². The maximum atomic E-state index is 11.9. The molecule has 5 nitrogen and oxygen atoms in total. The minimum absolute atomic E-state index is 0.415. The van der Waals surface area contributed by atoms with Gasteiger partial charge in [-0.05, 0) is 46.3 Å². The Morgan fingerprint density at radius 1 is 1.04 bits per heavy atom. The van der Waals surface area contributed by atoms with E-state index in [1.807, 2.05) is 45.9 Å². The molecule has 0 N–H and O–H groups in total. The molecular formula is C18H27BN2O3. The molecule has 0 radical (unpaired) electrons. The maximum Gasteiger partial charge on any atom is 0.495 e. The Morgan fingerprint density at radius 2 is 1.62 bits per heavy atom. The minimum atomic E-state index is -0.511. The molecule has 0 unspecified atom stereocenters. The number of benzene rings is 1. The lowest BCUT2D eigenvalue weighted by Gasteiger charge is -2.35. The highest BCUT2D eigenvalue weighted by Gasteiger charge is 2.52. The summed E-state index contributed by atoms with van der Waals surface area (Å²) >= 11 is 0. The van der Waals surface area contributed by atoms with Crippen LogP contribution >= 0.6 is 0 Å². The lowest BCUT2D eigenvalue weighted by Crippen LogP contribution is -2.46. The zero-order valence-corrected chi connectivity index (χ0v) is 15.3. The number of rotatable bonds is 3. The smallest absolute Gasteiger partial charge is 0.399 e. The standard InChI is InChI=1S/C18H27BN2O3/c1-17(2)18(3,4)24-19(23-17)15-7-6-8-16(14(15)13-22)21-11-9-20(5)10-12-21/h6-8,13H,9-12H2,1-5H3. The number of aldehydes is 1. The van der Waals surface area contributed by atoms with Crippen LogP contribution in [0.15, 0.2) is 18.2 Å². The number of carbonyl (C=O) groups excluding carboxylic acids is 1. The van der Waals surface area contributed by atoms with Crippen LogP contribution in [0.3, 0.4) is 0 Å². The van der Waals surface area contributed by atoms with Gasteiger partial charge in [0.05, 0.1) is 11.2 Å². The second kappa shape index (κ2) is 6.17. The highest BCUT2D eigenvalue weighted by Crippen LogP contribution is 2.37. The van der Waals surface area contributed by atoms with E-state index in [1.54, 1.807) is 0 Å². The lowest BCUT2D eigenvalue weighted by molar-refractivity contribution is 0.00578. The Bertz CT molecular complexity index is 609. The predicted octanol–water partition coefficient (Wildman–Crippen LogP) is 1.55. The third-order valence-corrected chi connectivity index (χ3v) is 5.59. The van der Waals surface area contributed by atoms with E-state index in [0.717, 1.165) is 43.6 Å². The Kier molecular flexibility index (Phi) is 4.49. The molecule has 2 saturated heterocycles. The average molecular weight is 330 g/mol. The van der Waals surface area contributed by atoms with Crippen molar-refractivity contribution in [3.63, 3.8) is 0 Å². The van der Waals surface area contributed by atoms with Gasteiger partial charge in [-0.1, -0.05) is 12.1 Å². The zero-order valence-electron chi connectivity index (χ0n) is 15.3. The molecule has 0 spiro atoms. The SMILES string of the molecule is CN1CCN(c2cccc(B3OC(C)(C)C(C)(C)O3)c2C=O)CC1. The maximum absolute atomic E-state index is 11.9. The van der Waals surface area contributed by atoms with Crippen LogP contribution in [0.1, 0.15) is 38.1 Å². The molecule has 2 heterocycles. The molecule has 0 aliphatic carbocycles. The third kappa shape index (κ3) is 2.98. The molecule has 6 heteroatoms. The molecule has 1 aromatic rings. The molecule has 0 saturated carbocycles. The van der Waals surface area contributed by atoms with Crippen LogP contribution in [0.4, 0.5) is 5.69 Å². The largest absolute Gasteiger partial charge is 0.495 e. The summed E-state index contributed by atoms with van der Waals surface area (Å²) in [5.74, 6) is 0. The Morgan fingerprint density at radius 3 is 2.17 bits per heavy atom. The van der Waals surface area contributed by atoms with Gasteiger partial charge in [-0.25, -0.2) is 0 Å². The first kappa shape index (κ1) is 17.5. The molecular weight excluding hydrogens is 303 g/mol. The van der Waals surface area contributed by atoms with Crippen molar-refractivity contribution in [3.8, 4) is 0 Å². The summed E-state index contributed by atoms with van der Waals surface area (Å²) in [5.41, 5.74) is 1.65. The number of nitrogens with zero attached hydrogens (tertiary/aromatic N) is 2. The van der Waals surface area contributed by atoms with Gasteiger partial charge in [0.2, 0.25) is 0 Å². The molecule has 2 aliphatic heterocycles. The first-order valence-corrected chi connectivity index (χ1v) is 8.62. The molecule has 0 atom stereocenters. The number of anilines is 1. The van der Waals surface area contributed by atoms with Crippen LogP contribution in [0.2, 0.25) is 0 Å². The summed E-state index contributed by atoms with van der Waals surface area (Å²) in [7, 11) is 1.61. The minimum Gasteiger partial charge on any atom is -0.399 e. The highest BCUT2D eigenvalue weighted by atomic mass is 16.7. The van der Waals surface area contributed by atoms with E-state index in [0.29, 0.717) is 5.56 Å². The summed E-state index contributed by atoms with van der Waals surface area (Å²) in [6.07, 6.45) is 0.939. The normalized spacial score (nSPS) is 23.5. The van der Waals surface area contributed by atoms with Crippen LogP contribution in [0.25, 0.3) is 0 Å². The van der Waals surface area contributed by atoms with Gasteiger partial charge < -0.3 is 19.1 Å². The van der Waals surface area contributed by atoms with E-state index in [1.165, 1.54) is 0 Å². The number of hydrogen-bond donors (Lipinski definition) is 0. The molecule has 130 valence electrons. The summed E-state index contributed by atoms with van der Waals surface area (Å²) in [6.45, 7) is 11.9. The first-order valence-electron chi connectivity index (χ1n) is 8.62. The molecule has 2 fully saturated rings. The van der Waals surface area contributed by atoms with E-state index in [4.69, 9.17) is 9.31 Å². The highest BCUT2D eigenvalue weighted by molar-refractivity contribution is 6.63. The van der Waals surface area contributed by atoms with Crippen LogP contribution in [-0.4, -0.2) is 62.7 Å². The van der Waals surface area contributed by atoms with Gasteiger partial charge in [-0.3, -0.25) is 4.79 Å². The summed E-state index contributed by atoms with van der Waals surface area (Å²) < 4.78 is 12.3. The van der Waals surface area contributed by atoms with Gasteiger partial charge in [0.15, 0.2) is 6.29 Å². The number of piperazine rings is 1. The zero-order chi connectivity index (χ0) is 17.5. The summed E-state index contributed by atoms with van der Waals surface area (Å²) in [4.78, 5) is 16.5. The molecule has 2 aliphatic rings. The van der Waals surface area contributed by atoms with Crippen molar-refractivity contribution in [3.05, 3.63) is 23.8 Å². The van der Waals surface area contributed by atoms with Crippen molar-refractivity contribution in [2.24, 2.45) is 0 Å². The van der Waals surface area contributed by atoms with E-state index < -0.39 is 18.3 Å². The van der Waals surface area contributed by atoms with Crippen LogP contribution in [0, 0.1) is 0 Å². The van der Waals surface area contributed by atoms with E-state index in [2.05, 4.69) is 16.8 Å². The van der Waals surface area contributed by atoms with Crippen molar-refractivity contribution in [2.45, 2.75) is 38.9 Å². The molecule has 0 aromatic heterocycles. The van der Waals surface area contributed by atoms with Crippen molar-refractivity contribution < 1.29 is 14.1 Å². The fourth-order valence-electron chi connectivity index (χ4n) is 3.20. The van der Waals surface area contributed by atoms with Gasteiger partial charge >= 0.3 is 7.12 Å². The Hall–Kier alpha value is -1.37. The lowest BCUT2D eigenvalue weighted by atomic mass is 9.75.